The molecule has 1 fully saturated rings. The Balaban J connectivity index is 2.09. The van der Waals surface area contributed by atoms with Crippen molar-refractivity contribution in [2.75, 3.05) is 0 Å². The van der Waals surface area contributed by atoms with Crippen molar-refractivity contribution >= 4 is 22.8 Å². The zero-order valence-electron chi connectivity index (χ0n) is 10.4. The minimum atomic E-state index is -4.41. The number of nitrogens with one attached hydrogen (secondary N) is 1. The first-order valence-electron chi connectivity index (χ1n) is 5.83. The second-order valence-electron chi connectivity index (χ2n) is 4.03. The van der Waals surface area contributed by atoms with E-state index in [1.54, 1.807) is 0 Å². The Kier molecular flexibility index (Phi) is 4.34. The number of alkyl halides is 3. The SMILES string of the molecule is CCC1N[N]C(=NC(=O)c2ccc(C(F)(F)F)cc2)S1. The van der Waals surface area contributed by atoms with E-state index in [0.29, 0.717) is 5.17 Å². The third kappa shape index (κ3) is 3.51. The average Bonchev–Trinajstić information content (AvgIpc) is 2.85. The fourth-order valence-electron chi connectivity index (χ4n) is 1.49. The van der Waals surface area contributed by atoms with Gasteiger partial charge in [-0.1, -0.05) is 18.7 Å². The highest BCUT2D eigenvalue weighted by molar-refractivity contribution is 8.14. The highest BCUT2D eigenvalue weighted by Gasteiger charge is 2.30. The van der Waals surface area contributed by atoms with Gasteiger partial charge in [-0.05, 0) is 30.7 Å². The van der Waals surface area contributed by atoms with Gasteiger partial charge in [0.25, 0.3) is 5.91 Å². The first-order chi connectivity index (χ1) is 9.40. The van der Waals surface area contributed by atoms with Crippen molar-refractivity contribution in [2.24, 2.45) is 4.99 Å². The lowest BCUT2D eigenvalue weighted by Gasteiger charge is -2.06. The molecule has 1 saturated heterocycles. The van der Waals surface area contributed by atoms with Crippen LogP contribution in [0.5, 0.6) is 0 Å². The number of aliphatic imine (C=N–C) groups is 1. The molecule has 20 heavy (non-hydrogen) atoms. The van der Waals surface area contributed by atoms with Crippen LogP contribution in [0.25, 0.3) is 0 Å². The quantitative estimate of drug-likeness (QED) is 0.914. The molecule has 1 N–H and O–H groups in total. The van der Waals surface area contributed by atoms with Gasteiger partial charge < -0.3 is 0 Å². The molecule has 1 amide bonds. The molecule has 0 bridgehead atoms. The molecule has 1 atom stereocenters. The number of rotatable bonds is 2. The van der Waals surface area contributed by atoms with Crippen LogP contribution in [0.2, 0.25) is 0 Å². The summed E-state index contributed by atoms with van der Waals surface area (Å²) in [6, 6.07) is 3.94. The summed E-state index contributed by atoms with van der Waals surface area (Å²) in [5.74, 6) is -0.608. The Labute approximate surface area is 117 Å². The lowest BCUT2D eigenvalue weighted by atomic mass is 10.1. The number of amides is 1. The predicted molar refractivity (Wildman–Crippen MR) is 70.1 cm³/mol. The second kappa shape index (κ2) is 5.84. The van der Waals surface area contributed by atoms with Crippen LogP contribution in [0.4, 0.5) is 13.2 Å². The first-order valence-corrected chi connectivity index (χ1v) is 6.71. The molecule has 1 aromatic carbocycles. The summed E-state index contributed by atoms with van der Waals surface area (Å²) < 4.78 is 37.2. The lowest BCUT2D eigenvalue weighted by molar-refractivity contribution is -0.137. The van der Waals surface area contributed by atoms with E-state index in [1.165, 1.54) is 11.8 Å². The molecule has 107 valence electrons. The normalized spacial score (nSPS) is 21.0. The second-order valence-corrected chi connectivity index (χ2v) is 5.20. The van der Waals surface area contributed by atoms with Gasteiger partial charge in [0.05, 0.1) is 10.9 Å². The molecule has 0 saturated carbocycles. The summed E-state index contributed by atoms with van der Waals surface area (Å²) in [4.78, 5) is 15.6. The standard InChI is InChI=1S/C12H11F3N3OS/c1-2-9-17-18-11(20-9)16-10(19)7-3-5-8(6-4-7)12(13,14)15/h3-6,9,17H,2H2,1H3. The predicted octanol–water partition coefficient (Wildman–Crippen LogP) is 2.79. The molecule has 1 unspecified atom stereocenters. The van der Waals surface area contributed by atoms with Crippen LogP contribution in [0.15, 0.2) is 29.3 Å². The Hall–Kier alpha value is -1.54. The van der Waals surface area contributed by atoms with Gasteiger partial charge in [-0.2, -0.15) is 29.0 Å². The van der Waals surface area contributed by atoms with Crippen molar-refractivity contribution < 1.29 is 18.0 Å². The van der Waals surface area contributed by atoms with Crippen molar-refractivity contribution in [1.82, 2.24) is 10.9 Å². The summed E-state index contributed by atoms with van der Waals surface area (Å²) in [6.45, 7) is 1.96. The lowest BCUT2D eigenvalue weighted by Crippen LogP contribution is -2.24. The van der Waals surface area contributed by atoms with E-state index in [9.17, 15) is 18.0 Å². The first kappa shape index (κ1) is 14.9. The number of halogens is 3. The van der Waals surface area contributed by atoms with Crippen LogP contribution >= 0.6 is 11.8 Å². The summed E-state index contributed by atoms with van der Waals surface area (Å²) in [5.41, 5.74) is 5.97. The van der Waals surface area contributed by atoms with Crippen molar-refractivity contribution in [2.45, 2.75) is 24.9 Å². The van der Waals surface area contributed by atoms with E-state index in [-0.39, 0.29) is 10.9 Å². The molecule has 2 rings (SSSR count). The molecule has 8 heteroatoms. The third-order valence-corrected chi connectivity index (χ3v) is 3.70. The zero-order chi connectivity index (χ0) is 14.8. The highest BCUT2D eigenvalue weighted by Crippen LogP contribution is 2.29. The topological polar surface area (TPSA) is 55.6 Å². The summed E-state index contributed by atoms with van der Waals surface area (Å²) in [5, 5.41) is 0.371. The molecule has 4 nitrogen and oxygen atoms in total. The molecule has 1 radical (unpaired) electrons. The van der Waals surface area contributed by atoms with E-state index >= 15 is 0 Å². The summed E-state index contributed by atoms with van der Waals surface area (Å²) >= 11 is 1.31. The molecule has 1 aromatic rings. The maximum atomic E-state index is 12.4. The fourth-order valence-corrected chi connectivity index (χ4v) is 2.25. The van der Waals surface area contributed by atoms with E-state index in [1.807, 2.05) is 6.92 Å². The van der Waals surface area contributed by atoms with Crippen molar-refractivity contribution in [3.8, 4) is 0 Å². The van der Waals surface area contributed by atoms with Crippen molar-refractivity contribution in [3.63, 3.8) is 0 Å². The van der Waals surface area contributed by atoms with E-state index < -0.39 is 17.6 Å². The van der Waals surface area contributed by atoms with Gasteiger partial charge in [0.1, 0.15) is 0 Å². The van der Waals surface area contributed by atoms with Crippen LogP contribution in [0.1, 0.15) is 29.3 Å². The fraction of sp³-hybridized carbons (Fsp3) is 0.333. The molecular weight excluding hydrogens is 291 g/mol. The largest absolute Gasteiger partial charge is 0.416 e. The minimum absolute atomic E-state index is 0.0779. The van der Waals surface area contributed by atoms with Crippen molar-refractivity contribution in [1.29, 1.82) is 0 Å². The Bertz CT molecular complexity index is 528. The Morgan fingerprint density at radius 1 is 1.40 bits per heavy atom. The van der Waals surface area contributed by atoms with Gasteiger partial charge in [0, 0.05) is 5.56 Å². The van der Waals surface area contributed by atoms with Crippen molar-refractivity contribution in [3.05, 3.63) is 35.4 Å². The van der Waals surface area contributed by atoms with Gasteiger partial charge in [-0.15, -0.1) is 0 Å². The monoisotopic (exact) mass is 302 g/mol. The summed E-state index contributed by atoms with van der Waals surface area (Å²) in [7, 11) is 0. The number of thioether (sulfide) groups is 1. The van der Waals surface area contributed by atoms with Gasteiger partial charge in [0.15, 0.2) is 0 Å². The van der Waals surface area contributed by atoms with Gasteiger partial charge in [-0.25, -0.2) is 0 Å². The molecule has 0 aliphatic carbocycles. The molecular formula is C12H11F3N3OS. The molecule has 1 aliphatic rings. The maximum absolute atomic E-state index is 12.4. The Morgan fingerprint density at radius 3 is 2.55 bits per heavy atom. The minimum Gasteiger partial charge on any atom is -0.267 e. The van der Waals surface area contributed by atoms with Crippen LogP contribution in [-0.4, -0.2) is 16.4 Å². The number of hydrogen-bond acceptors (Lipinski definition) is 3. The number of carbonyl (C=O) groups excluding carboxylic acids is 1. The van der Waals surface area contributed by atoms with Gasteiger partial charge in [0.2, 0.25) is 5.17 Å². The van der Waals surface area contributed by atoms with Gasteiger partial charge >= 0.3 is 6.18 Å². The smallest absolute Gasteiger partial charge is 0.267 e. The van der Waals surface area contributed by atoms with Crippen LogP contribution in [0.3, 0.4) is 0 Å². The van der Waals surface area contributed by atoms with E-state index in [4.69, 9.17) is 0 Å². The maximum Gasteiger partial charge on any atom is 0.416 e. The molecule has 0 spiro atoms. The third-order valence-electron chi connectivity index (χ3n) is 2.58. The molecule has 1 heterocycles. The highest BCUT2D eigenvalue weighted by atomic mass is 32.2. The number of amidine groups is 1. The summed E-state index contributed by atoms with van der Waals surface area (Å²) in [6.07, 6.45) is -3.59. The number of carbonyl (C=O) groups is 1. The molecule has 0 aromatic heterocycles. The number of benzene rings is 1. The number of hydrogen-bond donors (Lipinski definition) is 1. The Morgan fingerprint density at radius 2 is 2.05 bits per heavy atom. The van der Waals surface area contributed by atoms with Crippen LogP contribution in [0, 0.1) is 0 Å². The van der Waals surface area contributed by atoms with E-state index in [0.717, 1.165) is 30.7 Å². The zero-order valence-corrected chi connectivity index (χ0v) is 11.3. The molecule has 1 aliphatic heterocycles. The van der Waals surface area contributed by atoms with Crippen LogP contribution < -0.4 is 10.9 Å². The van der Waals surface area contributed by atoms with Crippen LogP contribution in [-0.2, 0) is 6.18 Å². The average molecular weight is 302 g/mol. The van der Waals surface area contributed by atoms with E-state index in [2.05, 4.69) is 15.8 Å². The van der Waals surface area contributed by atoms with Gasteiger partial charge in [-0.3, -0.25) is 4.79 Å². The number of nitrogens with zero attached hydrogens (tertiary/aromatic N) is 2.